The lowest BCUT2D eigenvalue weighted by Crippen LogP contribution is -2.54. The summed E-state index contributed by atoms with van der Waals surface area (Å²) in [6.45, 7) is 14.3. The Labute approximate surface area is 477 Å². The number of likely N-dealkylation sites (tertiary alicyclic amines) is 2. The highest BCUT2D eigenvalue weighted by Crippen LogP contribution is 2.41. The third kappa shape index (κ3) is 11.8. The number of thiazole rings is 1. The molecule has 4 aromatic heterocycles. The molecule has 5 aliphatic heterocycles. The van der Waals surface area contributed by atoms with Crippen molar-refractivity contribution in [2.75, 3.05) is 72.8 Å². The van der Waals surface area contributed by atoms with Crippen LogP contribution in [0.2, 0.25) is 0 Å². The van der Waals surface area contributed by atoms with Crippen LogP contribution < -0.4 is 30.5 Å². The Balaban J connectivity index is 0.582. The predicted molar refractivity (Wildman–Crippen MR) is 311 cm³/mol. The molecule has 2 amide bonds. The van der Waals surface area contributed by atoms with E-state index in [9.17, 15) is 19.8 Å². The molecule has 20 heteroatoms. The van der Waals surface area contributed by atoms with Crippen LogP contribution in [0.25, 0.3) is 21.7 Å². The van der Waals surface area contributed by atoms with Crippen molar-refractivity contribution in [2.45, 2.75) is 140 Å². The average molecular weight is 1120 g/mol. The van der Waals surface area contributed by atoms with E-state index in [1.165, 1.54) is 0 Å². The average Bonchev–Trinajstić information content (AvgIpc) is 4.31. The SMILES string of the molecule is Cc1ncsc1-c1ccc([C@H](C)NC(=O)[C@@H]2C[C@@H](O)CN2C(=O)[C@@H](c2cc(N3CCC[C@H](CN4CCC(OC5CC(Oc6cc(N7C8CC[C@@H]7CN(c7cc(-c9ccccc9O)nnc7N)C8)ccn6)C5)CC4)C3)no2)C(C)C)cc1. The van der Waals surface area contributed by atoms with Gasteiger partial charge in [-0.1, -0.05) is 55.4 Å². The van der Waals surface area contributed by atoms with Crippen LogP contribution in [0, 0.1) is 18.8 Å². The highest BCUT2D eigenvalue weighted by molar-refractivity contribution is 7.13. The van der Waals surface area contributed by atoms with Gasteiger partial charge >= 0.3 is 0 Å². The Morgan fingerprint density at radius 1 is 0.852 bits per heavy atom. The lowest BCUT2D eigenvalue weighted by atomic mass is 9.91. The van der Waals surface area contributed by atoms with E-state index in [0.717, 1.165) is 136 Å². The second kappa shape index (κ2) is 23.5. The number of para-hydroxylation sites is 1. The van der Waals surface area contributed by atoms with Crippen molar-refractivity contribution in [3.05, 3.63) is 102 Å². The number of aromatic nitrogens is 5. The van der Waals surface area contributed by atoms with Crippen LogP contribution in [0.15, 0.2) is 89.0 Å². The monoisotopic (exact) mass is 1120 g/mol. The van der Waals surface area contributed by atoms with Gasteiger partial charge in [0.1, 0.15) is 23.8 Å². The summed E-state index contributed by atoms with van der Waals surface area (Å²) in [6, 6.07) is 22.8. The number of hydrogen-bond donors (Lipinski definition) is 4. The Bertz CT molecular complexity index is 3150. The number of nitrogens with one attached hydrogen (secondary N) is 1. The zero-order chi connectivity index (χ0) is 55.9. The first-order valence-corrected chi connectivity index (χ1v) is 30.1. The molecule has 428 valence electrons. The molecule has 6 aromatic rings. The van der Waals surface area contributed by atoms with E-state index in [-0.39, 0.29) is 60.8 Å². The molecule has 2 bridgehead atoms. The highest BCUT2D eigenvalue weighted by Gasteiger charge is 2.45. The molecule has 5 saturated heterocycles. The van der Waals surface area contributed by atoms with E-state index in [4.69, 9.17) is 19.7 Å². The Morgan fingerprint density at radius 2 is 1.63 bits per heavy atom. The number of β-amino-alcohol motifs (C(OH)–C–C–N with tert-alkyl or cyclic N) is 1. The van der Waals surface area contributed by atoms with E-state index in [1.807, 2.05) is 87.9 Å². The minimum Gasteiger partial charge on any atom is -0.507 e. The number of benzene rings is 2. The van der Waals surface area contributed by atoms with Crippen LogP contribution in [-0.2, 0) is 14.3 Å². The number of piperidine rings is 2. The van der Waals surface area contributed by atoms with Crippen LogP contribution in [0.5, 0.6) is 11.6 Å². The van der Waals surface area contributed by atoms with Gasteiger partial charge in [-0.05, 0) is 99.6 Å². The predicted octanol–water partition coefficient (Wildman–Crippen LogP) is 7.99. The number of hydrogen-bond acceptors (Lipinski definition) is 18. The number of anilines is 4. The van der Waals surface area contributed by atoms with E-state index in [1.54, 1.807) is 28.4 Å². The van der Waals surface area contributed by atoms with Crippen LogP contribution in [0.4, 0.5) is 23.0 Å². The number of carbonyl (C=O) groups is 2. The molecule has 5 N–H and O–H groups in total. The topological polar surface area (TPSA) is 225 Å². The quantitative estimate of drug-likeness (QED) is 0.0679. The molecule has 1 saturated carbocycles. The molecule has 1 aliphatic carbocycles. The van der Waals surface area contributed by atoms with Gasteiger partial charge in [-0.3, -0.25) is 9.59 Å². The van der Waals surface area contributed by atoms with Gasteiger partial charge < -0.3 is 59.8 Å². The van der Waals surface area contributed by atoms with Crippen LogP contribution in [0.3, 0.4) is 0 Å². The number of pyridine rings is 1. The molecular formula is C61H76N12O7S. The highest BCUT2D eigenvalue weighted by atomic mass is 32.1. The van der Waals surface area contributed by atoms with E-state index in [2.05, 4.69) is 62.4 Å². The minimum absolute atomic E-state index is 0.0766. The summed E-state index contributed by atoms with van der Waals surface area (Å²) in [7, 11) is 0. The van der Waals surface area contributed by atoms with Gasteiger partial charge in [0, 0.05) is 113 Å². The molecule has 19 nitrogen and oxygen atoms in total. The van der Waals surface area contributed by atoms with Crippen LogP contribution >= 0.6 is 11.3 Å². The molecule has 6 fully saturated rings. The molecule has 9 heterocycles. The lowest BCUT2D eigenvalue weighted by molar-refractivity contribution is -0.141. The van der Waals surface area contributed by atoms with Gasteiger partial charge in [0.25, 0.3) is 0 Å². The Hall–Kier alpha value is -6.87. The summed E-state index contributed by atoms with van der Waals surface area (Å²) in [5, 5.41) is 37.5. The number of amides is 2. The molecule has 1 unspecified atom stereocenters. The number of aromatic hydroxyl groups is 1. The normalized spacial score (nSPS) is 25.0. The standard InChI is InChI=1S/C61H76N12O7S/c1-36(2)57(61(77)72-34-45(74)25-52(72)60(76)65-37(3)40-11-13-41(14-12-40)58-38(4)64-35-81-58)54-29-55(68-80-54)70-21-7-8-39(31-70)30-69-22-18-46(19-23-69)78-47-26-48(27-47)79-56-24-42(17-20-63-56)73-43-15-16-44(73)33-71(32-43)51-28-50(66-67-59(51)62)49-9-5-6-10-53(49)75/h5-6,9-14,17,20,24,28-29,35-37,39,43-48,52,57,74-75H,7-8,15-16,18-19,21-23,25-27,30-34H2,1-4H3,(H2,62,67)(H,65,76)/t37-,39+,43+,44?,45+,47?,48?,52-,57+/m0/s1. The molecular weight excluding hydrogens is 1040 g/mol. The van der Waals surface area contributed by atoms with Crippen molar-refractivity contribution >= 4 is 46.2 Å². The second-order valence-electron chi connectivity index (χ2n) is 23.8. The van der Waals surface area contributed by atoms with Gasteiger partial charge in [-0.2, -0.15) is 0 Å². The summed E-state index contributed by atoms with van der Waals surface area (Å²) < 4.78 is 19.1. The van der Waals surface area contributed by atoms with Crippen molar-refractivity contribution in [1.29, 1.82) is 0 Å². The summed E-state index contributed by atoms with van der Waals surface area (Å²) in [6.07, 6.45) is 9.81. The number of nitrogens with zero attached hydrogens (tertiary/aromatic N) is 10. The summed E-state index contributed by atoms with van der Waals surface area (Å²) in [4.78, 5) is 49.7. The number of aliphatic hydroxyl groups is 1. The molecule has 0 spiro atoms. The fourth-order valence-electron chi connectivity index (χ4n) is 13.5. The van der Waals surface area contributed by atoms with E-state index < -0.39 is 18.1 Å². The first-order chi connectivity index (χ1) is 39.3. The number of ether oxygens (including phenoxy) is 2. The molecule has 0 radical (unpaired) electrons. The van der Waals surface area contributed by atoms with Crippen molar-refractivity contribution in [3.8, 4) is 33.3 Å². The molecule has 12 rings (SSSR count). The number of rotatable bonds is 17. The third-order valence-corrected chi connectivity index (χ3v) is 18.8. The largest absolute Gasteiger partial charge is 0.507 e. The van der Waals surface area contributed by atoms with E-state index >= 15 is 0 Å². The summed E-state index contributed by atoms with van der Waals surface area (Å²) in [5.41, 5.74) is 14.5. The van der Waals surface area contributed by atoms with Crippen molar-refractivity contribution < 1.29 is 33.8 Å². The number of fused-ring (bicyclic) bond motifs is 2. The number of nitrogens with two attached hydrogens (primary N) is 1. The maximum absolute atomic E-state index is 14.5. The van der Waals surface area contributed by atoms with Gasteiger partial charge in [0.2, 0.25) is 17.7 Å². The lowest BCUT2D eigenvalue weighted by Gasteiger charge is -2.43. The van der Waals surface area contributed by atoms with Gasteiger partial charge in [-0.15, -0.1) is 21.5 Å². The number of nitrogen functional groups attached to an aromatic ring is 1. The smallest absolute Gasteiger partial charge is 0.243 e. The first kappa shape index (κ1) is 54.7. The van der Waals surface area contributed by atoms with Crippen molar-refractivity contribution in [1.82, 2.24) is 40.4 Å². The van der Waals surface area contributed by atoms with Gasteiger partial charge in [0.05, 0.1) is 51.8 Å². The molecule has 2 aromatic carbocycles. The molecule has 81 heavy (non-hydrogen) atoms. The maximum atomic E-state index is 14.5. The van der Waals surface area contributed by atoms with Gasteiger partial charge in [-0.25, -0.2) is 9.97 Å². The van der Waals surface area contributed by atoms with Crippen LogP contribution in [0.1, 0.15) is 108 Å². The summed E-state index contributed by atoms with van der Waals surface area (Å²) in [5.74, 6) is 1.58. The number of aliphatic hydroxyl groups excluding tert-OH is 1. The third-order valence-electron chi connectivity index (χ3n) is 17.8. The van der Waals surface area contributed by atoms with Crippen molar-refractivity contribution in [3.63, 3.8) is 0 Å². The summed E-state index contributed by atoms with van der Waals surface area (Å²) >= 11 is 1.60. The molecule has 6 aliphatic rings. The Morgan fingerprint density at radius 3 is 2.37 bits per heavy atom. The Kier molecular flexibility index (Phi) is 15.9. The minimum atomic E-state index is -0.807. The first-order valence-electron chi connectivity index (χ1n) is 29.2. The zero-order valence-electron chi connectivity index (χ0n) is 46.8. The fourth-order valence-corrected chi connectivity index (χ4v) is 14.3. The number of carbonyl (C=O) groups excluding carboxylic acids is 2. The number of phenols is 1. The number of aryl methyl sites for hydroxylation is 1. The van der Waals surface area contributed by atoms with Crippen LogP contribution in [-0.4, -0.2) is 152 Å². The van der Waals surface area contributed by atoms with Crippen molar-refractivity contribution in [2.24, 2.45) is 11.8 Å². The fraction of sp³-hybridized carbons (Fsp3) is 0.525. The maximum Gasteiger partial charge on any atom is 0.243 e. The van der Waals surface area contributed by atoms with Gasteiger partial charge in [0.15, 0.2) is 17.4 Å². The zero-order valence-corrected chi connectivity index (χ0v) is 47.7. The number of piperazine rings is 1. The van der Waals surface area contributed by atoms with E-state index in [0.29, 0.717) is 46.7 Å². The number of phenolic OH excluding ortho intramolecular Hbond substituents is 1. The second-order valence-corrected chi connectivity index (χ2v) is 24.7. The molecule has 7 atom stereocenters.